The predicted molar refractivity (Wildman–Crippen MR) is 97.0 cm³/mol. The fourth-order valence-electron chi connectivity index (χ4n) is 3.22. The number of nitrogens with one attached hydrogen (secondary N) is 1. The zero-order valence-corrected chi connectivity index (χ0v) is 14.7. The van der Waals surface area contributed by atoms with E-state index in [1.807, 2.05) is 30.3 Å². The molecule has 136 valence electrons. The molecule has 0 saturated carbocycles. The quantitative estimate of drug-likeness (QED) is 0.911. The lowest BCUT2D eigenvalue weighted by molar-refractivity contribution is -0.127. The largest absolute Gasteiger partial charge is 0.357 e. The van der Waals surface area contributed by atoms with Gasteiger partial charge in [0, 0.05) is 38.8 Å². The van der Waals surface area contributed by atoms with Gasteiger partial charge in [-0.2, -0.15) is 0 Å². The second-order valence-electron chi connectivity index (χ2n) is 6.36. The minimum absolute atomic E-state index is 0.196. The SMILES string of the molecule is CNC(=O)C1CN(Cc2ccccc2)CCN1C(=O)c1ccc(F)cc1. The molecular weight excluding hydrogens is 333 g/mol. The Kier molecular flexibility index (Phi) is 5.63. The van der Waals surface area contributed by atoms with Crippen LogP contribution in [0.5, 0.6) is 0 Å². The molecule has 1 fully saturated rings. The van der Waals surface area contributed by atoms with Gasteiger partial charge in [-0.25, -0.2) is 4.39 Å². The molecule has 1 unspecified atom stereocenters. The van der Waals surface area contributed by atoms with Crippen molar-refractivity contribution in [1.82, 2.24) is 15.1 Å². The Morgan fingerprint density at radius 1 is 1.08 bits per heavy atom. The highest BCUT2D eigenvalue weighted by Crippen LogP contribution is 2.17. The Balaban J connectivity index is 1.75. The van der Waals surface area contributed by atoms with Gasteiger partial charge in [0.1, 0.15) is 11.9 Å². The van der Waals surface area contributed by atoms with Gasteiger partial charge in [-0.15, -0.1) is 0 Å². The Morgan fingerprint density at radius 3 is 2.42 bits per heavy atom. The van der Waals surface area contributed by atoms with Crippen LogP contribution in [-0.4, -0.2) is 54.3 Å². The minimum atomic E-state index is -0.574. The van der Waals surface area contributed by atoms with E-state index in [1.165, 1.54) is 29.8 Å². The Morgan fingerprint density at radius 2 is 1.77 bits per heavy atom. The van der Waals surface area contributed by atoms with E-state index in [4.69, 9.17) is 0 Å². The highest BCUT2D eigenvalue weighted by atomic mass is 19.1. The summed E-state index contributed by atoms with van der Waals surface area (Å²) in [6.45, 7) is 2.31. The normalized spacial score (nSPS) is 17.8. The molecule has 1 saturated heterocycles. The van der Waals surface area contributed by atoms with E-state index < -0.39 is 11.9 Å². The smallest absolute Gasteiger partial charge is 0.254 e. The van der Waals surface area contributed by atoms with E-state index in [1.54, 1.807) is 11.9 Å². The number of hydrogen-bond donors (Lipinski definition) is 1. The van der Waals surface area contributed by atoms with Gasteiger partial charge < -0.3 is 10.2 Å². The monoisotopic (exact) mass is 355 g/mol. The summed E-state index contributed by atoms with van der Waals surface area (Å²) < 4.78 is 13.1. The molecule has 6 heteroatoms. The maximum atomic E-state index is 13.1. The first-order valence-electron chi connectivity index (χ1n) is 8.63. The summed E-state index contributed by atoms with van der Waals surface area (Å²) in [5, 5.41) is 2.65. The molecular formula is C20H22FN3O2. The van der Waals surface area contributed by atoms with Crippen molar-refractivity contribution in [1.29, 1.82) is 0 Å². The van der Waals surface area contributed by atoms with Crippen molar-refractivity contribution in [2.24, 2.45) is 0 Å². The molecule has 0 spiro atoms. The van der Waals surface area contributed by atoms with Crippen molar-refractivity contribution >= 4 is 11.8 Å². The van der Waals surface area contributed by atoms with Crippen LogP contribution in [-0.2, 0) is 11.3 Å². The number of hydrogen-bond acceptors (Lipinski definition) is 3. The topological polar surface area (TPSA) is 52.7 Å². The number of amides is 2. The molecule has 1 atom stereocenters. The number of piperazine rings is 1. The zero-order chi connectivity index (χ0) is 18.5. The molecule has 5 nitrogen and oxygen atoms in total. The molecule has 0 bridgehead atoms. The van der Waals surface area contributed by atoms with Crippen LogP contribution in [0.4, 0.5) is 4.39 Å². The van der Waals surface area contributed by atoms with Gasteiger partial charge >= 0.3 is 0 Å². The zero-order valence-electron chi connectivity index (χ0n) is 14.7. The molecule has 1 aliphatic rings. The summed E-state index contributed by atoms with van der Waals surface area (Å²) in [6.07, 6.45) is 0. The van der Waals surface area contributed by atoms with Crippen molar-refractivity contribution in [2.75, 3.05) is 26.7 Å². The average Bonchev–Trinajstić information content (AvgIpc) is 2.68. The van der Waals surface area contributed by atoms with Crippen LogP contribution in [0.25, 0.3) is 0 Å². The van der Waals surface area contributed by atoms with Crippen molar-refractivity contribution < 1.29 is 14.0 Å². The number of halogens is 1. The van der Waals surface area contributed by atoms with Crippen molar-refractivity contribution in [3.05, 3.63) is 71.5 Å². The minimum Gasteiger partial charge on any atom is -0.357 e. The number of likely N-dealkylation sites (N-methyl/N-ethyl adjacent to an activating group) is 1. The first-order chi connectivity index (χ1) is 12.6. The van der Waals surface area contributed by atoms with E-state index in [-0.39, 0.29) is 11.8 Å². The summed E-state index contributed by atoms with van der Waals surface area (Å²) in [5.41, 5.74) is 1.55. The van der Waals surface area contributed by atoms with E-state index in [0.29, 0.717) is 25.2 Å². The van der Waals surface area contributed by atoms with Crippen LogP contribution in [0, 0.1) is 5.82 Å². The Labute approximate surface area is 152 Å². The number of rotatable bonds is 4. The lowest BCUT2D eigenvalue weighted by Crippen LogP contribution is -2.60. The summed E-state index contributed by atoms with van der Waals surface area (Å²) in [6, 6.07) is 14.9. The van der Waals surface area contributed by atoms with Gasteiger partial charge in [0.05, 0.1) is 0 Å². The van der Waals surface area contributed by atoms with Crippen molar-refractivity contribution in [2.45, 2.75) is 12.6 Å². The van der Waals surface area contributed by atoms with Crippen LogP contribution >= 0.6 is 0 Å². The lowest BCUT2D eigenvalue weighted by Gasteiger charge is -2.40. The molecule has 2 aromatic rings. The fourth-order valence-corrected chi connectivity index (χ4v) is 3.22. The molecule has 0 radical (unpaired) electrons. The van der Waals surface area contributed by atoms with Gasteiger partial charge in [0.2, 0.25) is 5.91 Å². The lowest BCUT2D eigenvalue weighted by atomic mass is 10.1. The number of carbonyl (C=O) groups excluding carboxylic acids is 2. The number of carbonyl (C=O) groups is 2. The third kappa shape index (κ3) is 4.08. The molecule has 1 aliphatic heterocycles. The van der Waals surface area contributed by atoms with Crippen molar-refractivity contribution in [3.63, 3.8) is 0 Å². The van der Waals surface area contributed by atoms with E-state index in [2.05, 4.69) is 10.2 Å². The van der Waals surface area contributed by atoms with E-state index in [9.17, 15) is 14.0 Å². The average molecular weight is 355 g/mol. The maximum Gasteiger partial charge on any atom is 0.254 e. The third-order valence-corrected chi connectivity index (χ3v) is 4.61. The predicted octanol–water partition coefficient (Wildman–Crippen LogP) is 1.90. The molecule has 26 heavy (non-hydrogen) atoms. The standard InChI is InChI=1S/C20H22FN3O2/c1-22-19(25)18-14-23(13-15-5-3-2-4-6-15)11-12-24(18)20(26)16-7-9-17(21)10-8-16/h2-10,18H,11-14H2,1H3,(H,22,25). The Hall–Kier alpha value is -2.73. The van der Waals surface area contributed by atoms with E-state index >= 15 is 0 Å². The summed E-state index contributed by atoms with van der Waals surface area (Å²) in [4.78, 5) is 28.9. The van der Waals surface area contributed by atoms with Gasteiger partial charge in [-0.3, -0.25) is 14.5 Å². The molecule has 2 amide bonds. The molecule has 3 rings (SSSR count). The summed E-state index contributed by atoms with van der Waals surface area (Å²) in [7, 11) is 1.57. The first kappa shape index (κ1) is 18.1. The highest BCUT2D eigenvalue weighted by Gasteiger charge is 2.35. The molecule has 1 N–H and O–H groups in total. The van der Waals surface area contributed by atoms with Crippen molar-refractivity contribution in [3.8, 4) is 0 Å². The Bertz CT molecular complexity index is 764. The number of nitrogens with zero attached hydrogens (tertiary/aromatic N) is 2. The van der Waals surface area contributed by atoms with Gasteiger partial charge in [-0.05, 0) is 29.8 Å². The summed E-state index contributed by atoms with van der Waals surface area (Å²) in [5.74, 6) is -0.840. The van der Waals surface area contributed by atoms with Crippen LogP contribution in [0.1, 0.15) is 15.9 Å². The fraction of sp³-hybridized carbons (Fsp3) is 0.300. The van der Waals surface area contributed by atoms with Gasteiger partial charge in [0.25, 0.3) is 5.91 Å². The van der Waals surface area contributed by atoms with E-state index in [0.717, 1.165) is 6.54 Å². The molecule has 0 aromatic heterocycles. The second kappa shape index (κ2) is 8.10. The maximum absolute atomic E-state index is 13.1. The van der Waals surface area contributed by atoms with Crippen LogP contribution in [0.2, 0.25) is 0 Å². The van der Waals surface area contributed by atoms with Crippen LogP contribution in [0.15, 0.2) is 54.6 Å². The number of benzene rings is 2. The third-order valence-electron chi connectivity index (χ3n) is 4.61. The van der Waals surface area contributed by atoms with Crippen LogP contribution in [0.3, 0.4) is 0 Å². The molecule has 2 aromatic carbocycles. The first-order valence-corrected chi connectivity index (χ1v) is 8.63. The molecule has 0 aliphatic carbocycles. The van der Waals surface area contributed by atoms with Crippen LogP contribution < -0.4 is 5.32 Å². The molecule has 1 heterocycles. The second-order valence-corrected chi connectivity index (χ2v) is 6.36. The van der Waals surface area contributed by atoms with Gasteiger partial charge in [-0.1, -0.05) is 30.3 Å². The summed E-state index contributed by atoms with van der Waals surface area (Å²) >= 11 is 0. The van der Waals surface area contributed by atoms with Gasteiger partial charge in [0.15, 0.2) is 0 Å². The highest BCUT2D eigenvalue weighted by molar-refractivity contribution is 5.97.